The molecule has 2 fully saturated rings. The molecular formula is C28H29ClN6O4. The van der Waals surface area contributed by atoms with E-state index in [0.29, 0.717) is 28.3 Å². The van der Waals surface area contributed by atoms with Crippen LogP contribution in [0.4, 0.5) is 5.69 Å². The fourth-order valence-electron chi connectivity index (χ4n) is 6.70. The van der Waals surface area contributed by atoms with Crippen molar-refractivity contribution in [3.8, 4) is 0 Å². The lowest BCUT2D eigenvalue weighted by atomic mass is 9.81. The summed E-state index contributed by atoms with van der Waals surface area (Å²) in [5, 5.41) is 17.6. The fraction of sp³-hybridized carbons (Fsp3) is 0.429. The third kappa shape index (κ3) is 4.00. The van der Waals surface area contributed by atoms with Gasteiger partial charge >= 0.3 is 5.97 Å². The zero-order valence-electron chi connectivity index (χ0n) is 22.2. The maximum absolute atomic E-state index is 13.8. The maximum Gasteiger partial charge on any atom is 0.356 e. The highest BCUT2D eigenvalue weighted by Gasteiger charge is 2.59. The van der Waals surface area contributed by atoms with E-state index in [2.05, 4.69) is 20.4 Å². The molecule has 1 atom stereocenters. The molecule has 0 spiro atoms. The molecule has 11 heteroatoms. The van der Waals surface area contributed by atoms with E-state index < -0.39 is 5.97 Å². The lowest BCUT2D eigenvalue weighted by Gasteiger charge is -2.28. The van der Waals surface area contributed by atoms with Crippen molar-refractivity contribution < 1.29 is 14.4 Å². The molecule has 39 heavy (non-hydrogen) atoms. The topological polar surface area (TPSA) is 136 Å². The summed E-state index contributed by atoms with van der Waals surface area (Å²) < 4.78 is 7.32. The first-order valence-corrected chi connectivity index (χ1v) is 13.4. The Labute approximate surface area is 229 Å². The van der Waals surface area contributed by atoms with Gasteiger partial charge in [0.2, 0.25) is 5.89 Å². The van der Waals surface area contributed by atoms with E-state index in [1.54, 1.807) is 23.7 Å². The average molecular weight is 549 g/mol. The molecule has 6 rings (SSSR count). The zero-order chi connectivity index (χ0) is 27.7. The molecule has 1 aromatic carbocycles. The number of nitrogens with zero attached hydrogens (tertiary/aromatic N) is 5. The third-order valence-corrected chi connectivity index (χ3v) is 8.76. The summed E-state index contributed by atoms with van der Waals surface area (Å²) in [6.07, 6.45) is 4.38. The Morgan fingerprint density at radius 1 is 1.13 bits per heavy atom. The molecule has 0 unspecified atom stereocenters. The van der Waals surface area contributed by atoms with Crippen molar-refractivity contribution in [2.75, 3.05) is 5.32 Å². The van der Waals surface area contributed by atoms with E-state index in [4.69, 9.17) is 21.1 Å². The molecular weight excluding hydrogens is 520 g/mol. The van der Waals surface area contributed by atoms with E-state index in [1.165, 1.54) is 0 Å². The molecule has 0 radical (unpaired) electrons. The summed E-state index contributed by atoms with van der Waals surface area (Å²) in [6, 6.07) is 6.63. The third-order valence-electron chi connectivity index (χ3n) is 8.55. The Balaban J connectivity index is 1.45. The van der Waals surface area contributed by atoms with Crippen LogP contribution in [-0.2, 0) is 17.9 Å². The number of carboxylic acids is 1. The van der Waals surface area contributed by atoms with E-state index in [0.717, 1.165) is 49.1 Å². The van der Waals surface area contributed by atoms with Gasteiger partial charge in [0.1, 0.15) is 11.0 Å². The SMILES string of the molecule is Cc1cc([C@@H](C)Nc2ccc(Cl)nc2C(=O)O)c2nc(C34CCC(c5nc(C)no5)(CC3)C4)n(C)c(=O)c2c1. The van der Waals surface area contributed by atoms with Crippen molar-refractivity contribution in [3.63, 3.8) is 0 Å². The highest BCUT2D eigenvalue weighted by Crippen LogP contribution is 2.62. The summed E-state index contributed by atoms with van der Waals surface area (Å²) in [4.78, 5) is 39.3. The van der Waals surface area contributed by atoms with Crippen LogP contribution in [0, 0.1) is 13.8 Å². The number of pyridine rings is 1. The van der Waals surface area contributed by atoms with Crippen LogP contribution in [0.1, 0.15) is 84.2 Å². The number of carbonyl (C=O) groups is 1. The van der Waals surface area contributed by atoms with E-state index in [9.17, 15) is 14.7 Å². The van der Waals surface area contributed by atoms with Crippen molar-refractivity contribution in [3.05, 3.63) is 74.1 Å². The van der Waals surface area contributed by atoms with Crippen LogP contribution in [0.25, 0.3) is 10.9 Å². The number of benzene rings is 1. The fourth-order valence-corrected chi connectivity index (χ4v) is 6.84. The first kappa shape index (κ1) is 25.5. The number of nitrogens with one attached hydrogen (secondary N) is 1. The number of aromatic nitrogens is 5. The normalized spacial score (nSPS) is 22.9. The smallest absolute Gasteiger partial charge is 0.356 e. The maximum atomic E-state index is 13.8. The number of hydrogen-bond donors (Lipinski definition) is 2. The Morgan fingerprint density at radius 2 is 1.85 bits per heavy atom. The molecule has 2 saturated carbocycles. The Hall–Kier alpha value is -3.79. The lowest BCUT2D eigenvalue weighted by molar-refractivity contribution is 0.0691. The van der Waals surface area contributed by atoms with Gasteiger partial charge in [-0.1, -0.05) is 22.8 Å². The van der Waals surface area contributed by atoms with Gasteiger partial charge in [-0.25, -0.2) is 14.8 Å². The van der Waals surface area contributed by atoms with Crippen molar-refractivity contribution in [1.82, 2.24) is 24.7 Å². The Kier molecular flexibility index (Phi) is 5.80. The van der Waals surface area contributed by atoms with Gasteiger partial charge in [0, 0.05) is 18.0 Å². The summed E-state index contributed by atoms with van der Waals surface area (Å²) in [5.74, 6) is 0.901. The van der Waals surface area contributed by atoms with E-state index in [1.807, 2.05) is 32.9 Å². The molecule has 4 aromatic rings. The Morgan fingerprint density at radius 3 is 2.51 bits per heavy atom. The first-order chi connectivity index (χ1) is 18.5. The van der Waals surface area contributed by atoms with Crippen LogP contribution < -0.4 is 10.9 Å². The minimum atomic E-state index is -1.18. The molecule has 2 bridgehead atoms. The number of hydrogen-bond acceptors (Lipinski definition) is 8. The zero-order valence-corrected chi connectivity index (χ0v) is 23.0. The minimum Gasteiger partial charge on any atom is -0.476 e. The monoisotopic (exact) mass is 548 g/mol. The molecule has 202 valence electrons. The Bertz CT molecular complexity index is 1700. The van der Waals surface area contributed by atoms with Gasteiger partial charge in [-0.05, 0) is 76.6 Å². The molecule has 3 aromatic heterocycles. The quantitative estimate of drug-likeness (QED) is 0.319. The molecule has 2 aliphatic carbocycles. The first-order valence-electron chi connectivity index (χ1n) is 13.0. The standard InChI is InChI=1S/C28H29ClN6O4/c1-14-11-17(15(2)30-19-5-6-20(29)32-22(19)24(37)38)21-18(12-14)23(36)35(4)25(33-21)27-7-9-28(13-27,10-8-27)26-31-16(3)34-39-26/h5-6,11-12,15,30H,7-10,13H2,1-4H3,(H,37,38)/t15-,27?,28?/m1/s1. The predicted octanol–water partition coefficient (Wildman–Crippen LogP) is 5.01. The van der Waals surface area contributed by atoms with Crippen molar-refractivity contribution in [2.45, 2.75) is 69.7 Å². The number of rotatable bonds is 6. The minimum absolute atomic E-state index is 0.0977. The molecule has 3 heterocycles. The van der Waals surface area contributed by atoms with Crippen LogP contribution >= 0.6 is 11.6 Å². The number of carboxylic acid groups (broad SMARTS) is 1. The number of aryl methyl sites for hydroxylation is 2. The van der Waals surface area contributed by atoms with Crippen LogP contribution in [0.3, 0.4) is 0 Å². The summed E-state index contributed by atoms with van der Waals surface area (Å²) in [5.41, 5.74) is 1.96. The van der Waals surface area contributed by atoms with Gasteiger partial charge in [0.25, 0.3) is 5.56 Å². The second-order valence-electron chi connectivity index (χ2n) is 11.1. The molecule has 0 aliphatic heterocycles. The predicted molar refractivity (Wildman–Crippen MR) is 145 cm³/mol. The lowest BCUT2D eigenvalue weighted by Crippen LogP contribution is -2.33. The van der Waals surface area contributed by atoms with E-state index >= 15 is 0 Å². The highest BCUT2D eigenvalue weighted by atomic mass is 35.5. The van der Waals surface area contributed by atoms with Crippen LogP contribution in [0.15, 0.2) is 33.6 Å². The van der Waals surface area contributed by atoms with Crippen LogP contribution in [0.2, 0.25) is 5.15 Å². The van der Waals surface area contributed by atoms with Crippen molar-refractivity contribution in [2.24, 2.45) is 7.05 Å². The molecule has 0 amide bonds. The molecule has 2 N–H and O–H groups in total. The largest absolute Gasteiger partial charge is 0.476 e. The van der Waals surface area contributed by atoms with Gasteiger partial charge in [0.15, 0.2) is 11.5 Å². The number of anilines is 1. The van der Waals surface area contributed by atoms with Crippen molar-refractivity contribution >= 4 is 34.2 Å². The average Bonchev–Trinajstić information content (AvgIpc) is 3.62. The van der Waals surface area contributed by atoms with Gasteiger partial charge in [-0.2, -0.15) is 4.98 Å². The van der Waals surface area contributed by atoms with Crippen LogP contribution in [-0.4, -0.2) is 35.8 Å². The number of aromatic carboxylic acids is 1. The van der Waals surface area contributed by atoms with Crippen molar-refractivity contribution in [1.29, 1.82) is 0 Å². The van der Waals surface area contributed by atoms with Gasteiger partial charge < -0.3 is 14.9 Å². The molecule has 10 nitrogen and oxygen atoms in total. The summed E-state index contributed by atoms with van der Waals surface area (Å²) in [7, 11) is 1.80. The molecule has 0 saturated heterocycles. The number of halogens is 1. The molecule has 2 aliphatic rings. The summed E-state index contributed by atoms with van der Waals surface area (Å²) in [6.45, 7) is 5.68. The summed E-state index contributed by atoms with van der Waals surface area (Å²) >= 11 is 5.94. The highest BCUT2D eigenvalue weighted by molar-refractivity contribution is 6.29. The van der Waals surface area contributed by atoms with Gasteiger partial charge in [-0.15, -0.1) is 0 Å². The second-order valence-corrected chi connectivity index (χ2v) is 11.5. The number of fused-ring (bicyclic) bond motifs is 3. The van der Waals surface area contributed by atoms with E-state index in [-0.39, 0.29) is 33.3 Å². The van der Waals surface area contributed by atoms with Gasteiger partial charge in [-0.3, -0.25) is 9.36 Å². The van der Waals surface area contributed by atoms with Crippen LogP contribution in [0.5, 0.6) is 0 Å². The second kappa shape index (κ2) is 8.87. The van der Waals surface area contributed by atoms with Gasteiger partial charge in [0.05, 0.1) is 28.0 Å².